The first kappa shape index (κ1) is 26.5. The number of aromatic nitrogens is 1. The van der Waals surface area contributed by atoms with Crippen LogP contribution in [0.25, 0.3) is 0 Å². The minimum absolute atomic E-state index is 0.0626. The van der Waals surface area contributed by atoms with Gasteiger partial charge in [-0.1, -0.05) is 12.1 Å². The van der Waals surface area contributed by atoms with E-state index in [9.17, 15) is 13.2 Å². The molecular weight excluding hydrogens is 442 g/mol. The first-order chi connectivity index (χ1) is 15.0. The van der Waals surface area contributed by atoms with Gasteiger partial charge in [0.15, 0.2) is 0 Å². The number of carbonyl (C=O) groups excluding carboxylic acids is 1. The van der Waals surface area contributed by atoms with E-state index in [-0.39, 0.29) is 24.7 Å². The first-order valence-electron chi connectivity index (χ1n) is 9.17. The number of hydrogen-bond acceptors (Lipinski definition) is 7. The van der Waals surface area contributed by atoms with Gasteiger partial charge in [0, 0.05) is 32.4 Å². The fourth-order valence-corrected chi connectivity index (χ4v) is 3.10. The fourth-order valence-electron chi connectivity index (χ4n) is 2.29. The van der Waals surface area contributed by atoms with Crippen molar-refractivity contribution >= 4 is 27.9 Å². The molecular formula is C20H25N3O8S. The summed E-state index contributed by atoms with van der Waals surface area (Å²) in [7, 11) is 1.06. The van der Waals surface area contributed by atoms with Gasteiger partial charge in [-0.15, -0.1) is 0 Å². The molecule has 0 aliphatic carbocycles. The van der Waals surface area contributed by atoms with E-state index in [1.807, 2.05) is 6.07 Å². The number of benzene rings is 1. The lowest BCUT2D eigenvalue weighted by molar-refractivity contribution is -0.159. The highest BCUT2D eigenvalue weighted by Crippen LogP contribution is 2.16. The summed E-state index contributed by atoms with van der Waals surface area (Å²) in [5.74, 6) is -3.52. The SMILES string of the molecule is COc1cccc(C(=O)N(CCS(=O)(=O)N(C)C)Cc2ccccn2)c1.O=C(O)C(=O)O. The van der Waals surface area contributed by atoms with Crippen LogP contribution in [-0.2, 0) is 26.2 Å². The van der Waals surface area contributed by atoms with Gasteiger partial charge in [-0.3, -0.25) is 9.78 Å². The maximum Gasteiger partial charge on any atom is 0.414 e. The van der Waals surface area contributed by atoms with Crippen molar-refractivity contribution in [2.45, 2.75) is 6.54 Å². The first-order valence-corrected chi connectivity index (χ1v) is 10.8. The number of carboxylic acid groups (broad SMARTS) is 2. The minimum Gasteiger partial charge on any atom is -0.497 e. The van der Waals surface area contributed by atoms with Crippen molar-refractivity contribution in [1.82, 2.24) is 14.2 Å². The van der Waals surface area contributed by atoms with Crippen molar-refractivity contribution in [3.8, 4) is 5.75 Å². The third kappa shape index (κ3) is 8.70. The third-order valence-corrected chi connectivity index (χ3v) is 5.85. The predicted molar refractivity (Wildman–Crippen MR) is 115 cm³/mol. The average Bonchev–Trinajstić information content (AvgIpc) is 2.77. The Balaban J connectivity index is 0.000000751. The zero-order valence-electron chi connectivity index (χ0n) is 17.8. The van der Waals surface area contributed by atoms with E-state index in [0.29, 0.717) is 17.0 Å². The molecule has 2 rings (SSSR count). The molecule has 1 heterocycles. The lowest BCUT2D eigenvalue weighted by atomic mass is 10.2. The van der Waals surface area contributed by atoms with E-state index in [4.69, 9.17) is 24.5 Å². The van der Waals surface area contributed by atoms with Crippen LogP contribution in [0.1, 0.15) is 16.1 Å². The smallest absolute Gasteiger partial charge is 0.414 e. The Labute approximate surface area is 185 Å². The molecule has 0 saturated carbocycles. The molecule has 1 aromatic carbocycles. The zero-order valence-corrected chi connectivity index (χ0v) is 18.7. The highest BCUT2D eigenvalue weighted by Gasteiger charge is 2.21. The van der Waals surface area contributed by atoms with E-state index in [1.54, 1.807) is 42.6 Å². The van der Waals surface area contributed by atoms with Crippen LogP contribution in [0.4, 0.5) is 0 Å². The number of nitrogens with zero attached hydrogens (tertiary/aromatic N) is 3. The maximum absolute atomic E-state index is 12.9. The van der Waals surface area contributed by atoms with Crippen LogP contribution in [0.5, 0.6) is 5.75 Å². The number of sulfonamides is 1. The van der Waals surface area contributed by atoms with Crippen molar-refractivity contribution in [3.63, 3.8) is 0 Å². The van der Waals surface area contributed by atoms with Crippen LogP contribution >= 0.6 is 0 Å². The van der Waals surface area contributed by atoms with Gasteiger partial charge in [0.1, 0.15) is 5.75 Å². The van der Waals surface area contributed by atoms with Gasteiger partial charge in [-0.25, -0.2) is 22.3 Å². The van der Waals surface area contributed by atoms with E-state index in [1.165, 1.54) is 26.1 Å². The molecule has 11 nitrogen and oxygen atoms in total. The Morgan fingerprint density at radius 3 is 2.19 bits per heavy atom. The summed E-state index contributed by atoms with van der Waals surface area (Å²) in [6.07, 6.45) is 1.64. The van der Waals surface area contributed by atoms with Crippen molar-refractivity contribution in [2.75, 3.05) is 33.5 Å². The normalized spacial score (nSPS) is 10.6. The van der Waals surface area contributed by atoms with Gasteiger partial charge in [0.25, 0.3) is 5.91 Å². The van der Waals surface area contributed by atoms with Crippen molar-refractivity contribution in [2.24, 2.45) is 0 Å². The van der Waals surface area contributed by atoms with Gasteiger partial charge in [0.05, 0.1) is 25.1 Å². The molecule has 0 fully saturated rings. The van der Waals surface area contributed by atoms with Gasteiger partial charge in [-0.05, 0) is 30.3 Å². The summed E-state index contributed by atoms with van der Waals surface area (Å²) in [6, 6.07) is 12.2. The predicted octanol–water partition coefficient (Wildman–Crippen LogP) is 0.780. The summed E-state index contributed by atoms with van der Waals surface area (Å²) < 4.78 is 30.5. The standard InChI is InChI=1S/C18H23N3O4S.C2H2O4/c1-20(2)26(23,24)12-11-21(14-16-8-4-5-10-19-16)18(22)15-7-6-9-17(13-15)25-3;3-1(4)2(5)6/h4-10,13H,11-12,14H2,1-3H3;(H,3,4)(H,5,6). The largest absolute Gasteiger partial charge is 0.497 e. The van der Waals surface area contributed by atoms with Crippen LogP contribution in [0, 0.1) is 0 Å². The van der Waals surface area contributed by atoms with Gasteiger partial charge >= 0.3 is 11.9 Å². The molecule has 1 amide bonds. The number of hydrogen-bond donors (Lipinski definition) is 2. The van der Waals surface area contributed by atoms with Gasteiger partial charge in [-0.2, -0.15) is 0 Å². The second-order valence-corrected chi connectivity index (χ2v) is 8.79. The lowest BCUT2D eigenvalue weighted by Crippen LogP contribution is -2.37. The van der Waals surface area contributed by atoms with Crippen LogP contribution in [-0.4, -0.2) is 84.2 Å². The Morgan fingerprint density at radius 2 is 1.69 bits per heavy atom. The van der Waals surface area contributed by atoms with Crippen LogP contribution < -0.4 is 4.74 Å². The molecule has 0 spiro atoms. The molecule has 0 aliphatic heterocycles. The van der Waals surface area contributed by atoms with Gasteiger partial charge in [0.2, 0.25) is 10.0 Å². The van der Waals surface area contributed by atoms with E-state index in [0.717, 1.165) is 4.31 Å². The van der Waals surface area contributed by atoms with E-state index < -0.39 is 22.0 Å². The molecule has 174 valence electrons. The highest BCUT2D eigenvalue weighted by molar-refractivity contribution is 7.89. The number of carbonyl (C=O) groups is 3. The average molecular weight is 468 g/mol. The minimum atomic E-state index is -3.42. The molecule has 0 radical (unpaired) electrons. The summed E-state index contributed by atoms with van der Waals surface area (Å²) in [5, 5.41) is 14.8. The number of ether oxygens (including phenoxy) is 1. The number of carboxylic acids is 2. The Bertz CT molecular complexity index is 1010. The van der Waals surface area contributed by atoms with Gasteiger partial charge < -0.3 is 19.8 Å². The second kappa shape index (κ2) is 12.4. The molecule has 0 unspecified atom stereocenters. The highest BCUT2D eigenvalue weighted by atomic mass is 32.2. The van der Waals surface area contributed by atoms with Crippen LogP contribution in [0.3, 0.4) is 0 Å². The van der Waals surface area contributed by atoms with Crippen molar-refractivity contribution in [3.05, 3.63) is 59.9 Å². The molecule has 2 aromatic rings. The summed E-state index contributed by atoms with van der Waals surface area (Å²) in [5.41, 5.74) is 1.12. The second-order valence-electron chi connectivity index (χ2n) is 6.49. The number of pyridine rings is 1. The summed E-state index contributed by atoms with van der Waals surface area (Å²) in [4.78, 5) is 36.9. The summed E-state index contributed by atoms with van der Waals surface area (Å²) >= 11 is 0. The molecule has 12 heteroatoms. The molecule has 32 heavy (non-hydrogen) atoms. The number of methoxy groups -OCH3 is 1. The Morgan fingerprint density at radius 1 is 1.03 bits per heavy atom. The molecule has 0 atom stereocenters. The fraction of sp³-hybridized carbons (Fsp3) is 0.300. The number of aliphatic carboxylic acids is 2. The number of amides is 1. The molecule has 1 aromatic heterocycles. The Kier molecular flexibility index (Phi) is 10.3. The summed E-state index contributed by atoms with van der Waals surface area (Å²) in [6.45, 7) is 0.285. The van der Waals surface area contributed by atoms with Crippen molar-refractivity contribution < 1.29 is 37.8 Å². The molecule has 0 aliphatic rings. The molecule has 0 bridgehead atoms. The quantitative estimate of drug-likeness (QED) is 0.536. The van der Waals surface area contributed by atoms with E-state index in [2.05, 4.69) is 4.98 Å². The third-order valence-electron chi connectivity index (χ3n) is 4.04. The van der Waals surface area contributed by atoms with E-state index >= 15 is 0 Å². The lowest BCUT2D eigenvalue weighted by Gasteiger charge is -2.23. The van der Waals surface area contributed by atoms with Crippen LogP contribution in [0.2, 0.25) is 0 Å². The number of rotatable bonds is 8. The Hall–Kier alpha value is -3.51. The van der Waals surface area contributed by atoms with Crippen molar-refractivity contribution in [1.29, 1.82) is 0 Å². The topological polar surface area (TPSA) is 154 Å². The van der Waals surface area contributed by atoms with Crippen LogP contribution in [0.15, 0.2) is 48.7 Å². The molecule has 0 saturated heterocycles. The monoisotopic (exact) mass is 467 g/mol. The molecule has 2 N–H and O–H groups in total. The maximum atomic E-state index is 12.9. The zero-order chi connectivity index (χ0) is 24.3.